The molecular weight excluding hydrogens is 261 g/mol. The second kappa shape index (κ2) is 6.01. The van der Waals surface area contributed by atoms with E-state index in [1.54, 1.807) is 25.1 Å². The van der Waals surface area contributed by atoms with E-state index in [0.29, 0.717) is 11.4 Å². The molecule has 0 radical (unpaired) electrons. The smallest absolute Gasteiger partial charge is 0.404 e. The van der Waals surface area contributed by atoms with Gasteiger partial charge < -0.3 is 5.11 Å². The molecule has 0 aliphatic heterocycles. The second-order valence-electron chi connectivity index (χ2n) is 4.34. The maximum Gasteiger partial charge on any atom is 0.404 e. The van der Waals surface area contributed by atoms with Crippen LogP contribution in [0.1, 0.15) is 17.8 Å². The van der Waals surface area contributed by atoms with Crippen molar-refractivity contribution in [2.45, 2.75) is 32.1 Å². The van der Waals surface area contributed by atoms with Crippen molar-refractivity contribution in [1.82, 2.24) is 9.88 Å². The van der Waals surface area contributed by atoms with Crippen LogP contribution in [0.3, 0.4) is 0 Å². The molecule has 0 aromatic carbocycles. The number of halogens is 3. The summed E-state index contributed by atoms with van der Waals surface area (Å²) >= 11 is 0. The fraction of sp³-hybridized carbons (Fsp3) is 0.500. The van der Waals surface area contributed by atoms with Crippen molar-refractivity contribution in [3.05, 3.63) is 29.6 Å². The summed E-state index contributed by atoms with van der Waals surface area (Å²) in [7, 11) is 1.24. The molecule has 19 heavy (non-hydrogen) atoms. The Morgan fingerprint density at radius 3 is 2.58 bits per heavy atom. The number of hydrogen-bond donors (Lipinski definition) is 1. The number of carbonyl (C=O) groups is 1. The molecule has 0 aliphatic carbocycles. The van der Waals surface area contributed by atoms with E-state index in [0.717, 1.165) is 4.90 Å². The Hall–Kier alpha value is -1.63. The third kappa shape index (κ3) is 4.86. The Balaban J connectivity index is 2.82. The average Bonchev–Trinajstić information content (AvgIpc) is 2.24. The number of carboxylic acids is 1. The summed E-state index contributed by atoms with van der Waals surface area (Å²) in [6, 6.07) is 3.03. The lowest BCUT2D eigenvalue weighted by molar-refractivity contribution is -0.188. The first-order valence-corrected chi connectivity index (χ1v) is 5.61. The molecule has 0 amide bonds. The van der Waals surface area contributed by atoms with E-state index < -0.39 is 24.6 Å². The molecule has 106 valence electrons. The topological polar surface area (TPSA) is 53.4 Å². The Kier molecular flexibility index (Phi) is 4.88. The molecule has 0 saturated carbocycles. The number of alkyl halides is 3. The van der Waals surface area contributed by atoms with E-state index in [9.17, 15) is 18.0 Å². The van der Waals surface area contributed by atoms with Gasteiger partial charge in [0.05, 0.1) is 12.1 Å². The van der Waals surface area contributed by atoms with Crippen LogP contribution in [0.5, 0.6) is 0 Å². The van der Waals surface area contributed by atoms with Crippen LogP contribution in [0.25, 0.3) is 0 Å². The highest BCUT2D eigenvalue weighted by Crippen LogP contribution is 2.27. The SMILES string of the molecule is Cc1cccc(CN(C)C(CC(=O)O)C(F)(F)F)n1. The third-order valence-corrected chi connectivity index (χ3v) is 2.64. The summed E-state index contributed by atoms with van der Waals surface area (Å²) in [6.45, 7) is 1.68. The van der Waals surface area contributed by atoms with Gasteiger partial charge in [0.25, 0.3) is 0 Å². The highest BCUT2D eigenvalue weighted by molar-refractivity contribution is 5.67. The molecule has 0 aliphatic rings. The monoisotopic (exact) mass is 276 g/mol. The minimum absolute atomic E-state index is 0.0564. The van der Waals surface area contributed by atoms with E-state index in [2.05, 4.69) is 4.98 Å². The van der Waals surface area contributed by atoms with Crippen molar-refractivity contribution >= 4 is 5.97 Å². The maximum absolute atomic E-state index is 12.8. The summed E-state index contributed by atoms with van der Waals surface area (Å²) in [5.74, 6) is -1.48. The lowest BCUT2D eigenvalue weighted by atomic mass is 10.1. The van der Waals surface area contributed by atoms with E-state index in [1.807, 2.05) is 0 Å². The fourth-order valence-electron chi connectivity index (χ4n) is 1.74. The molecule has 0 bridgehead atoms. The van der Waals surface area contributed by atoms with Gasteiger partial charge in [-0.15, -0.1) is 0 Å². The number of aliphatic carboxylic acids is 1. The van der Waals surface area contributed by atoms with Gasteiger partial charge in [0.1, 0.15) is 6.04 Å². The van der Waals surface area contributed by atoms with Crippen LogP contribution >= 0.6 is 0 Å². The first-order valence-electron chi connectivity index (χ1n) is 5.61. The molecule has 1 aromatic heterocycles. The normalized spacial score (nSPS) is 13.6. The summed E-state index contributed by atoms with van der Waals surface area (Å²) < 4.78 is 38.4. The van der Waals surface area contributed by atoms with Crippen LogP contribution in [-0.4, -0.2) is 40.2 Å². The number of hydrogen-bond acceptors (Lipinski definition) is 3. The van der Waals surface area contributed by atoms with E-state index >= 15 is 0 Å². The van der Waals surface area contributed by atoms with Crippen LogP contribution < -0.4 is 0 Å². The van der Waals surface area contributed by atoms with Crippen molar-refractivity contribution in [3.63, 3.8) is 0 Å². The van der Waals surface area contributed by atoms with Gasteiger partial charge in [0, 0.05) is 12.2 Å². The fourth-order valence-corrected chi connectivity index (χ4v) is 1.74. The van der Waals surface area contributed by atoms with Crippen LogP contribution in [0, 0.1) is 6.92 Å². The predicted octanol–water partition coefficient (Wildman–Crippen LogP) is 2.23. The van der Waals surface area contributed by atoms with Gasteiger partial charge in [-0.05, 0) is 26.1 Å². The number of nitrogens with zero attached hydrogens (tertiary/aromatic N) is 2. The zero-order valence-corrected chi connectivity index (χ0v) is 10.6. The summed E-state index contributed by atoms with van der Waals surface area (Å²) in [5, 5.41) is 8.56. The van der Waals surface area contributed by atoms with Crippen molar-refractivity contribution in [2.75, 3.05) is 7.05 Å². The van der Waals surface area contributed by atoms with Crippen LogP contribution in [0.4, 0.5) is 13.2 Å². The van der Waals surface area contributed by atoms with Crippen molar-refractivity contribution in [3.8, 4) is 0 Å². The highest BCUT2D eigenvalue weighted by atomic mass is 19.4. The van der Waals surface area contributed by atoms with Crippen LogP contribution in [0.15, 0.2) is 18.2 Å². The van der Waals surface area contributed by atoms with Gasteiger partial charge >= 0.3 is 12.1 Å². The number of carboxylic acid groups (broad SMARTS) is 1. The minimum Gasteiger partial charge on any atom is -0.481 e. The molecule has 1 atom stereocenters. The molecule has 1 rings (SSSR count). The van der Waals surface area contributed by atoms with E-state index in [-0.39, 0.29) is 6.54 Å². The first-order chi connectivity index (χ1) is 8.70. The zero-order valence-electron chi connectivity index (χ0n) is 10.6. The highest BCUT2D eigenvalue weighted by Gasteiger charge is 2.43. The zero-order chi connectivity index (χ0) is 14.6. The Morgan fingerprint density at radius 1 is 1.47 bits per heavy atom. The van der Waals surface area contributed by atoms with Gasteiger partial charge in [0.15, 0.2) is 0 Å². The lowest BCUT2D eigenvalue weighted by Crippen LogP contribution is -2.44. The lowest BCUT2D eigenvalue weighted by Gasteiger charge is -2.28. The Morgan fingerprint density at radius 2 is 2.11 bits per heavy atom. The number of aryl methyl sites for hydroxylation is 1. The van der Waals surface area contributed by atoms with Crippen LogP contribution in [-0.2, 0) is 11.3 Å². The van der Waals surface area contributed by atoms with E-state index in [4.69, 9.17) is 5.11 Å². The Bertz CT molecular complexity index is 449. The van der Waals surface area contributed by atoms with Crippen molar-refractivity contribution in [2.24, 2.45) is 0 Å². The molecular formula is C12H15F3N2O2. The Labute approximate surface area is 108 Å². The first kappa shape index (κ1) is 15.4. The predicted molar refractivity (Wildman–Crippen MR) is 62.5 cm³/mol. The van der Waals surface area contributed by atoms with Crippen molar-refractivity contribution in [1.29, 1.82) is 0 Å². The number of rotatable bonds is 5. The van der Waals surface area contributed by atoms with Crippen molar-refractivity contribution < 1.29 is 23.1 Å². The quantitative estimate of drug-likeness (QED) is 0.896. The summed E-state index contributed by atoms with van der Waals surface area (Å²) in [4.78, 5) is 15.6. The largest absolute Gasteiger partial charge is 0.481 e. The third-order valence-electron chi connectivity index (χ3n) is 2.64. The molecule has 1 heterocycles. The summed E-state index contributed by atoms with van der Waals surface area (Å²) in [6.07, 6.45) is -5.57. The summed E-state index contributed by atoms with van der Waals surface area (Å²) in [5.41, 5.74) is 1.18. The van der Waals surface area contributed by atoms with Gasteiger partial charge in [-0.3, -0.25) is 14.7 Å². The molecule has 0 fully saturated rings. The molecule has 0 saturated heterocycles. The molecule has 0 spiro atoms. The number of aromatic nitrogens is 1. The standard InChI is InChI=1S/C12H15F3N2O2/c1-8-4-3-5-9(16-8)7-17(2)10(6-11(18)19)12(13,14)15/h3-5,10H,6-7H2,1-2H3,(H,18,19). The van der Waals surface area contributed by atoms with Crippen LogP contribution in [0.2, 0.25) is 0 Å². The molecule has 1 aromatic rings. The van der Waals surface area contributed by atoms with Gasteiger partial charge in [-0.25, -0.2) is 0 Å². The van der Waals surface area contributed by atoms with Gasteiger partial charge in [-0.2, -0.15) is 13.2 Å². The molecule has 4 nitrogen and oxygen atoms in total. The maximum atomic E-state index is 12.8. The molecule has 1 N–H and O–H groups in total. The molecule has 1 unspecified atom stereocenters. The minimum atomic E-state index is -4.59. The van der Waals surface area contributed by atoms with Gasteiger partial charge in [-0.1, -0.05) is 6.07 Å². The average molecular weight is 276 g/mol. The van der Waals surface area contributed by atoms with E-state index in [1.165, 1.54) is 7.05 Å². The second-order valence-corrected chi connectivity index (χ2v) is 4.34. The number of pyridine rings is 1. The molecule has 7 heteroatoms. The van der Waals surface area contributed by atoms with Gasteiger partial charge in [0.2, 0.25) is 0 Å².